The third-order valence-corrected chi connectivity index (χ3v) is 5.07. The molecule has 0 radical (unpaired) electrons. The zero-order valence-corrected chi connectivity index (χ0v) is 11.4. The maximum atomic E-state index is 12.3. The molecule has 1 aliphatic heterocycles. The largest absolute Gasteiger partial charge is 0.314 e. The zero-order chi connectivity index (χ0) is 14.0. The van der Waals surface area contributed by atoms with Crippen molar-refractivity contribution in [3.63, 3.8) is 0 Å². The van der Waals surface area contributed by atoms with Crippen LogP contribution in [0, 0.1) is 17.2 Å². The summed E-state index contributed by atoms with van der Waals surface area (Å²) in [6.45, 7) is 0. The zero-order valence-electron chi connectivity index (χ0n) is 10.5. The molecular formula is C13H14N2O3S. The van der Waals surface area contributed by atoms with Gasteiger partial charge < -0.3 is 4.90 Å². The fourth-order valence-electron chi connectivity index (χ4n) is 2.24. The van der Waals surface area contributed by atoms with E-state index in [4.69, 9.17) is 5.26 Å². The summed E-state index contributed by atoms with van der Waals surface area (Å²) in [4.78, 5) is 13.6. The molecule has 1 aliphatic rings. The molecule has 0 saturated carbocycles. The van der Waals surface area contributed by atoms with Gasteiger partial charge in [-0.05, 0) is 18.6 Å². The summed E-state index contributed by atoms with van der Waals surface area (Å²) in [5.74, 6) is -0.771. The standard InChI is InChI=1S/C13H14N2O3S/c1-15(12-5-3-2-4-10(12)8-14)13(16)11-6-7-19(17,18)9-11/h2-5,11H,6-7,9H2,1H3. The van der Waals surface area contributed by atoms with Crippen molar-refractivity contribution in [2.45, 2.75) is 6.42 Å². The highest BCUT2D eigenvalue weighted by atomic mass is 32.2. The second kappa shape index (κ2) is 5.02. The number of sulfone groups is 1. The quantitative estimate of drug-likeness (QED) is 0.807. The molecule has 1 fully saturated rings. The van der Waals surface area contributed by atoms with E-state index < -0.39 is 15.8 Å². The van der Waals surface area contributed by atoms with Crippen molar-refractivity contribution in [3.8, 4) is 6.07 Å². The minimum atomic E-state index is -3.08. The van der Waals surface area contributed by atoms with Gasteiger partial charge in [0.2, 0.25) is 5.91 Å². The fourth-order valence-corrected chi connectivity index (χ4v) is 3.98. The lowest BCUT2D eigenvalue weighted by molar-refractivity contribution is -0.121. The van der Waals surface area contributed by atoms with Crippen molar-refractivity contribution < 1.29 is 13.2 Å². The summed E-state index contributed by atoms with van der Waals surface area (Å²) < 4.78 is 22.8. The van der Waals surface area contributed by atoms with Crippen LogP contribution in [0.3, 0.4) is 0 Å². The van der Waals surface area contributed by atoms with Crippen LogP contribution in [0.1, 0.15) is 12.0 Å². The smallest absolute Gasteiger partial charge is 0.230 e. The van der Waals surface area contributed by atoms with Crippen LogP contribution in [0.4, 0.5) is 5.69 Å². The van der Waals surface area contributed by atoms with Crippen LogP contribution in [0.2, 0.25) is 0 Å². The number of carbonyl (C=O) groups excluding carboxylic acids is 1. The van der Waals surface area contributed by atoms with Crippen molar-refractivity contribution in [2.75, 3.05) is 23.5 Å². The first kappa shape index (κ1) is 13.6. The van der Waals surface area contributed by atoms with Crippen LogP contribution < -0.4 is 4.90 Å². The van der Waals surface area contributed by atoms with Gasteiger partial charge in [-0.1, -0.05) is 12.1 Å². The average molecular weight is 278 g/mol. The Balaban J connectivity index is 2.23. The Hall–Kier alpha value is -1.87. The minimum Gasteiger partial charge on any atom is -0.314 e. The van der Waals surface area contributed by atoms with E-state index in [0.29, 0.717) is 17.7 Å². The minimum absolute atomic E-state index is 0.0666. The van der Waals surface area contributed by atoms with E-state index in [2.05, 4.69) is 0 Å². The third-order valence-electron chi connectivity index (χ3n) is 3.30. The lowest BCUT2D eigenvalue weighted by Crippen LogP contribution is -2.34. The van der Waals surface area contributed by atoms with Crippen LogP contribution in [0.25, 0.3) is 0 Å². The Morgan fingerprint density at radius 3 is 2.68 bits per heavy atom. The maximum Gasteiger partial charge on any atom is 0.230 e. The van der Waals surface area contributed by atoms with Crippen LogP contribution in [-0.4, -0.2) is 32.9 Å². The second-order valence-electron chi connectivity index (χ2n) is 4.63. The van der Waals surface area contributed by atoms with E-state index in [0.717, 1.165) is 0 Å². The van der Waals surface area contributed by atoms with Gasteiger partial charge in [0.25, 0.3) is 0 Å². The van der Waals surface area contributed by atoms with Gasteiger partial charge in [0.1, 0.15) is 6.07 Å². The van der Waals surface area contributed by atoms with Crippen LogP contribution in [0.15, 0.2) is 24.3 Å². The molecule has 100 valence electrons. The second-order valence-corrected chi connectivity index (χ2v) is 6.85. The molecule has 1 aromatic rings. The van der Waals surface area contributed by atoms with Crippen molar-refractivity contribution in [2.24, 2.45) is 5.92 Å². The number of rotatable bonds is 2. The van der Waals surface area contributed by atoms with E-state index in [1.165, 1.54) is 4.90 Å². The normalized spacial score (nSPS) is 20.7. The predicted molar refractivity (Wildman–Crippen MR) is 71.3 cm³/mol. The molecule has 1 heterocycles. The summed E-state index contributed by atoms with van der Waals surface area (Å²) in [5, 5.41) is 9.01. The molecule has 6 heteroatoms. The lowest BCUT2D eigenvalue weighted by atomic mass is 10.1. The van der Waals surface area contributed by atoms with Gasteiger partial charge in [0, 0.05) is 7.05 Å². The van der Waals surface area contributed by atoms with Crippen molar-refractivity contribution in [1.29, 1.82) is 5.26 Å². The van der Waals surface area contributed by atoms with Gasteiger partial charge in [-0.25, -0.2) is 8.42 Å². The molecule has 0 bridgehead atoms. The van der Waals surface area contributed by atoms with Crippen molar-refractivity contribution in [3.05, 3.63) is 29.8 Å². The summed E-state index contributed by atoms with van der Waals surface area (Å²) in [7, 11) is -1.51. The third kappa shape index (κ3) is 2.76. The van der Waals surface area contributed by atoms with Crippen LogP contribution in [-0.2, 0) is 14.6 Å². The molecule has 0 aliphatic carbocycles. The number of carbonyl (C=O) groups is 1. The molecule has 1 aromatic carbocycles. The highest BCUT2D eigenvalue weighted by molar-refractivity contribution is 7.91. The first-order chi connectivity index (χ1) is 8.94. The van der Waals surface area contributed by atoms with Gasteiger partial charge in [-0.15, -0.1) is 0 Å². The van der Waals surface area contributed by atoms with Gasteiger partial charge >= 0.3 is 0 Å². The SMILES string of the molecule is CN(C(=O)C1CCS(=O)(=O)C1)c1ccccc1C#N. The van der Waals surface area contributed by atoms with E-state index in [1.54, 1.807) is 31.3 Å². The van der Waals surface area contributed by atoms with E-state index in [9.17, 15) is 13.2 Å². The predicted octanol–water partition coefficient (Wildman–Crippen LogP) is 0.956. The first-order valence-electron chi connectivity index (χ1n) is 5.92. The number of nitrogens with zero attached hydrogens (tertiary/aromatic N) is 2. The molecule has 1 atom stereocenters. The van der Waals surface area contributed by atoms with Crippen molar-refractivity contribution >= 4 is 21.4 Å². The molecule has 0 N–H and O–H groups in total. The molecule has 19 heavy (non-hydrogen) atoms. The first-order valence-corrected chi connectivity index (χ1v) is 7.74. The molecule has 2 rings (SSSR count). The van der Waals surface area contributed by atoms with E-state index in [-0.39, 0.29) is 17.4 Å². The molecule has 0 aromatic heterocycles. The Bertz CT molecular complexity index is 646. The lowest BCUT2D eigenvalue weighted by Gasteiger charge is -2.21. The van der Waals surface area contributed by atoms with Crippen LogP contribution >= 0.6 is 0 Å². The fraction of sp³-hybridized carbons (Fsp3) is 0.385. The van der Waals surface area contributed by atoms with Gasteiger partial charge in [0.05, 0.1) is 28.7 Å². The Labute approximate surface area is 112 Å². The van der Waals surface area contributed by atoms with Gasteiger partial charge in [-0.3, -0.25) is 4.79 Å². The topological polar surface area (TPSA) is 78.2 Å². The number of anilines is 1. The number of hydrogen-bond acceptors (Lipinski definition) is 4. The maximum absolute atomic E-state index is 12.3. The Kier molecular flexibility index (Phi) is 3.58. The molecular weight excluding hydrogens is 264 g/mol. The Morgan fingerprint density at radius 1 is 1.42 bits per heavy atom. The number of amides is 1. The number of benzene rings is 1. The van der Waals surface area contributed by atoms with Gasteiger partial charge in [0.15, 0.2) is 9.84 Å². The molecule has 5 nitrogen and oxygen atoms in total. The van der Waals surface area contributed by atoms with E-state index in [1.807, 2.05) is 6.07 Å². The molecule has 1 unspecified atom stereocenters. The molecule has 1 saturated heterocycles. The Morgan fingerprint density at radius 2 is 2.11 bits per heavy atom. The summed E-state index contributed by atoms with van der Waals surface area (Å²) in [5.41, 5.74) is 0.915. The molecule has 0 spiro atoms. The van der Waals surface area contributed by atoms with E-state index >= 15 is 0 Å². The summed E-state index contributed by atoms with van der Waals surface area (Å²) in [6.07, 6.45) is 0.361. The monoisotopic (exact) mass is 278 g/mol. The number of hydrogen-bond donors (Lipinski definition) is 0. The number of nitriles is 1. The van der Waals surface area contributed by atoms with Crippen molar-refractivity contribution in [1.82, 2.24) is 0 Å². The summed E-state index contributed by atoms with van der Waals surface area (Å²) >= 11 is 0. The molecule has 1 amide bonds. The highest BCUT2D eigenvalue weighted by Crippen LogP contribution is 2.25. The average Bonchev–Trinajstić information content (AvgIpc) is 2.77. The van der Waals surface area contributed by atoms with Crippen LogP contribution in [0.5, 0.6) is 0 Å². The summed E-state index contributed by atoms with van der Waals surface area (Å²) in [6, 6.07) is 8.80. The number of para-hydroxylation sites is 1. The highest BCUT2D eigenvalue weighted by Gasteiger charge is 2.35. The van der Waals surface area contributed by atoms with Gasteiger partial charge in [-0.2, -0.15) is 5.26 Å².